The highest BCUT2D eigenvalue weighted by molar-refractivity contribution is 5.94. The molecule has 1 unspecified atom stereocenters. The number of benzene rings is 1. The van der Waals surface area contributed by atoms with Gasteiger partial charge in [0.05, 0.1) is 17.8 Å². The normalized spacial score (nSPS) is 21.4. The summed E-state index contributed by atoms with van der Waals surface area (Å²) in [6.07, 6.45) is 4.46. The van der Waals surface area contributed by atoms with Gasteiger partial charge in [-0.25, -0.2) is 9.36 Å². The van der Waals surface area contributed by atoms with Crippen LogP contribution in [0.5, 0.6) is 0 Å². The van der Waals surface area contributed by atoms with E-state index in [0.29, 0.717) is 12.5 Å². The van der Waals surface area contributed by atoms with E-state index < -0.39 is 0 Å². The standard InChI is InChI=1S/C19H23N7O/c1-24-7-5-13(6-8-24)26-19-15(11-20-26)14(10-18(27)21-19)12-3-4-17-16(9-12)22-23-25(17)2/h3-4,9,11,13-14H,5-8,10H2,1-2H3,(H,21,27). The molecule has 0 bridgehead atoms. The molecule has 1 N–H and O–H groups in total. The minimum absolute atomic E-state index is 0.000158. The SMILES string of the molecule is CN1CCC(n2ncc3c2NC(=O)CC3c2ccc3c(c2)nnn3C)CC1. The zero-order chi connectivity index (χ0) is 18.5. The Hall–Kier alpha value is -2.74. The maximum absolute atomic E-state index is 12.5. The van der Waals surface area contributed by atoms with Crippen LogP contribution < -0.4 is 5.32 Å². The van der Waals surface area contributed by atoms with Crippen LogP contribution in [0.3, 0.4) is 0 Å². The minimum atomic E-state index is 0.000158. The van der Waals surface area contributed by atoms with Gasteiger partial charge in [0.2, 0.25) is 5.91 Å². The molecule has 2 aliphatic heterocycles. The first kappa shape index (κ1) is 16.4. The molecule has 1 amide bonds. The molecule has 1 atom stereocenters. The Morgan fingerprint density at radius 2 is 2.00 bits per heavy atom. The Morgan fingerprint density at radius 3 is 2.81 bits per heavy atom. The number of aryl methyl sites for hydroxylation is 1. The van der Waals surface area contributed by atoms with Crippen LogP contribution in [0.4, 0.5) is 5.82 Å². The second-order valence-corrected chi connectivity index (χ2v) is 7.69. The van der Waals surface area contributed by atoms with Crippen molar-refractivity contribution in [3.8, 4) is 0 Å². The molecule has 8 heteroatoms. The van der Waals surface area contributed by atoms with E-state index >= 15 is 0 Å². The molecule has 27 heavy (non-hydrogen) atoms. The molecule has 0 aliphatic carbocycles. The van der Waals surface area contributed by atoms with Crippen molar-refractivity contribution in [2.75, 3.05) is 25.5 Å². The maximum Gasteiger partial charge on any atom is 0.226 e. The summed E-state index contributed by atoms with van der Waals surface area (Å²) in [4.78, 5) is 14.8. The van der Waals surface area contributed by atoms with E-state index in [4.69, 9.17) is 0 Å². The van der Waals surface area contributed by atoms with Crippen molar-refractivity contribution in [1.29, 1.82) is 0 Å². The second-order valence-electron chi connectivity index (χ2n) is 7.69. The Morgan fingerprint density at radius 1 is 1.19 bits per heavy atom. The van der Waals surface area contributed by atoms with Gasteiger partial charge in [0.15, 0.2) is 0 Å². The van der Waals surface area contributed by atoms with Crippen molar-refractivity contribution < 1.29 is 4.79 Å². The molecular weight excluding hydrogens is 342 g/mol. The van der Waals surface area contributed by atoms with Gasteiger partial charge >= 0.3 is 0 Å². The van der Waals surface area contributed by atoms with Crippen LogP contribution >= 0.6 is 0 Å². The number of aromatic nitrogens is 5. The molecule has 1 fully saturated rings. The smallest absolute Gasteiger partial charge is 0.226 e. The summed E-state index contributed by atoms with van der Waals surface area (Å²) < 4.78 is 3.80. The van der Waals surface area contributed by atoms with Crippen molar-refractivity contribution in [3.05, 3.63) is 35.5 Å². The van der Waals surface area contributed by atoms with Crippen molar-refractivity contribution in [3.63, 3.8) is 0 Å². The lowest BCUT2D eigenvalue weighted by molar-refractivity contribution is -0.116. The quantitative estimate of drug-likeness (QED) is 0.750. The van der Waals surface area contributed by atoms with E-state index in [1.54, 1.807) is 4.68 Å². The number of likely N-dealkylation sites (tertiary alicyclic amines) is 1. The highest BCUT2D eigenvalue weighted by Gasteiger charge is 2.32. The molecular formula is C19H23N7O. The Labute approximate surface area is 157 Å². The van der Waals surface area contributed by atoms with Gasteiger partial charge in [-0.05, 0) is 50.7 Å². The summed E-state index contributed by atoms with van der Waals surface area (Å²) in [5.41, 5.74) is 4.02. The number of piperidine rings is 1. The van der Waals surface area contributed by atoms with E-state index in [9.17, 15) is 4.79 Å². The number of nitrogens with zero attached hydrogens (tertiary/aromatic N) is 6. The van der Waals surface area contributed by atoms with Crippen molar-refractivity contribution in [1.82, 2.24) is 29.7 Å². The summed E-state index contributed by atoms with van der Waals surface area (Å²) in [6.45, 7) is 2.11. The highest BCUT2D eigenvalue weighted by atomic mass is 16.1. The third kappa shape index (κ3) is 2.71. The van der Waals surface area contributed by atoms with Crippen LogP contribution in [-0.4, -0.2) is 55.7 Å². The molecule has 1 aromatic carbocycles. The Kier molecular flexibility index (Phi) is 3.75. The van der Waals surface area contributed by atoms with Gasteiger partial charge in [0.1, 0.15) is 11.3 Å². The summed E-state index contributed by atoms with van der Waals surface area (Å²) in [5, 5.41) is 16.0. The second kappa shape index (κ2) is 6.16. The zero-order valence-corrected chi connectivity index (χ0v) is 15.6. The zero-order valence-electron chi connectivity index (χ0n) is 15.6. The maximum atomic E-state index is 12.5. The molecule has 8 nitrogen and oxygen atoms in total. The van der Waals surface area contributed by atoms with Gasteiger partial charge in [-0.3, -0.25) is 4.79 Å². The summed E-state index contributed by atoms with van der Waals surface area (Å²) >= 11 is 0. The number of rotatable bonds is 2. The first-order chi connectivity index (χ1) is 13.1. The number of nitrogens with one attached hydrogen (secondary N) is 1. The van der Waals surface area contributed by atoms with E-state index in [1.165, 1.54) is 0 Å². The van der Waals surface area contributed by atoms with Crippen LogP contribution in [0.2, 0.25) is 0 Å². The molecule has 0 spiro atoms. The van der Waals surface area contributed by atoms with Crippen molar-refractivity contribution in [2.24, 2.45) is 7.05 Å². The molecule has 1 saturated heterocycles. The number of fused-ring (bicyclic) bond motifs is 2. The number of carbonyl (C=O) groups is 1. The molecule has 4 heterocycles. The fourth-order valence-electron chi connectivity index (χ4n) is 4.33. The summed E-state index contributed by atoms with van der Waals surface area (Å²) in [7, 11) is 4.03. The predicted octanol–water partition coefficient (Wildman–Crippen LogP) is 1.91. The van der Waals surface area contributed by atoms with E-state index in [-0.39, 0.29) is 11.8 Å². The Balaban J connectivity index is 1.53. The van der Waals surface area contributed by atoms with E-state index in [2.05, 4.69) is 38.7 Å². The van der Waals surface area contributed by atoms with Gasteiger partial charge in [-0.1, -0.05) is 11.3 Å². The van der Waals surface area contributed by atoms with Crippen molar-refractivity contribution in [2.45, 2.75) is 31.2 Å². The number of carbonyl (C=O) groups excluding carboxylic acids is 1. The topological polar surface area (TPSA) is 80.9 Å². The number of amides is 1. The third-order valence-corrected chi connectivity index (χ3v) is 5.92. The predicted molar refractivity (Wildman–Crippen MR) is 102 cm³/mol. The summed E-state index contributed by atoms with van der Waals surface area (Å²) in [5.74, 6) is 0.909. The van der Waals surface area contributed by atoms with Crippen LogP contribution in [0.25, 0.3) is 11.0 Å². The number of anilines is 1. The van der Waals surface area contributed by atoms with Gasteiger partial charge < -0.3 is 10.2 Å². The Bertz CT molecular complexity index is 1010. The molecule has 2 aliphatic rings. The fourth-order valence-corrected chi connectivity index (χ4v) is 4.33. The third-order valence-electron chi connectivity index (χ3n) is 5.92. The average Bonchev–Trinajstić information content (AvgIpc) is 3.25. The molecule has 0 radical (unpaired) electrons. The van der Waals surface area contributed by atoms with Gasteiger partial charge in [0.25, 0.3) is 0 Å². The van der Waals surface area contributed by atoms with Crippen LogP contribution in [0.1, 0.15) is 42.3 Å². The van der Waals surface area contributed by atoms with Crippen molar-refractivity contribution >= 4 is 22.8 Å². The monoisotopic (exact) mass is 365 g/mol. The first-order valence-corrected chi connectivity index (χ1v) is 9.45. The lowest BCUT2D eigenvalue weighted by Crippen LogP contribution is -2.33. The number of hydrogen-bond acceptors (Lipinski definition) is 5. The number of hydrogen-bond donors (Lipinski definition) is 1. The lowest BCUT2D eigenvalue weighted by atomic mass is 9.87. The van der Waals surface area contributed by atoms with Gasteiger partial charge in [-0.2, -0.15) is 5.10 Å². The molecule has 140 valence electrons. The first-order valence-electron chi connectivity index (χ1n) is 9.45. The largest absolute Gasteiger partial charge is 0.311 e. The van der Waals surface area contributed by atoms with Crippen LogP contribution in [-0.2, 0) is 11.8 Å². The molecule has 2 aromatic heterocycles. The van der Waals surface area contributed by atoms with E-state index in [0.717, 1.165) is 53.9 Å². The van der Waals surface area contributed by atoms with Gasteiger partial charge in [-0.15, -0.1) is 5.10 Å². The average molecular weight is 365 g/mol. The fraction of sp³-hybridized carbons (Fsp3) is 0.474. The lowest BCUT2D eigenvalue weighted by Gasteiger charge is -2.31. The van der Waals surface area contributed by atoms with E-state index in [1.807, 2.05) is 30.1 Å². The molecule has 0 saturated carbocycles. The molecule has 5 rings (SSSR count). The minimum Gasteiger partial charge on any atom is -0.311 e. The van der Waals surface area contributed by atoms with Crippen LogP contribution in [0, 0.1) is 0 Å². The molecule has 3 aromatic rings. The summed E-state index contributed by atoms with van der Waals surface area (Å²) in [6, 6.07) is 6.48. The highest BCUT2D eigenvalue weighted by Crippen LogP contribution is 2.39. The van der Waals surface area contributed by atoms with Crippen LogP contribution in [0.15, 0.2) is 24.4 Å². The van der Waals surface area contributed by atoms with Gasteiger partial charge in [0, 0.05) is 24.9 Å².